The molecule has 4 rings (SSSR count). The van der Waals surface area contributed by atoms with E-state index < -0.39 is 35.7 Å². The second kappa shape index (κ2) is 6.29. The number of fused-ring (bicyclic) bond motifs is 2. The molecule has 1 aromatic carbocycles. The number of amides is 2. The topological polar surface area (TPSA) is 90.5 Å². The number of aliphatic carboxylic acids is 1. The predicted octanol–water partition coefficient (Wildman–Crippen LogP) is 2.68. The fourth-order valence-corrected chi connectivity index (χ4v) is 4.16. The van der Waals surface area contributed by atoms with Gasteiger partial charge in [-0.15, -0.1) is 0 Å². The van der Waals surface area contributed by atoms with Crippen molar-refractivity contribution >= 4 is 40.3 Å². The van der Waals surface area contributed by atoms with Crippen molar-refractivity contribution in [3.8, 4) is 0 Å². The van der Waals surface area contributed by atoms with Crippen molar-refractivity contribution in [1.82, 2.24) is 9.88 Å². The maximum atomic E-state index is 12.7. The average Bonchev–Trinajstić information content (AvgIpc) is 3.12. The van der Waals surface area contributed by atoms with Gasteiger partial charge in [-0.05, 0) is 30.4 Å². The fourth-order valence-electron chi connectivity index (χ4n) is 3.90. The summed E-state index contributed by atoms with van der Waals surface area (Å²) in [4.78, 5) is 41.4. The number of aromatic amines is 1. The third-order valence-corrected chi connectivity index (χ3v) is 5.51. The molecule has 0 bridgehead atoms. The van der Waals surface area contributed by atoms with E-state index in [9.17, 15) is 19.5 Å². The molecule has 0 saturated carbocycles. The largest absolute Gasteiger partial charge is 0.480 e. The quantitative estimate of drug-likeness (QED) is 0.807. The van der Waals surface area contributed by atoms with E-state index in [1.807, 2.05) is 30.3 Å². The number of halogens is 1. The van der Waals surface area contributed by atoms with Crippen LogP contribution in [0.4, 0.5) is 0 Å². The molecule has 6 nitrogen and oxygen atoms in total. The van der Waals surface area contributed by atoms with Gasteiger partial charge in [0.15, 0.2) is 0 Å². The Morgan fingerprint density at radius 2 is 2.00 bits per heavy atom. The summed E-state index contributed by atoms with van der Waals surface area (Å²) >= 11 is 6.02. The van der Waals surface area contributed by atoms with Gasteiger partial charge in [-0.25, -0.2) is 4.79 Å². The van der Waals surface area contributed by atoms with Crippen LogP contribution in [0.15, 0.2) is 41.4 Å². The number of allylic oxidation sites excluding steroid dienone is 2. The van der Waals surface area contributed by atoms with E-state index in [-0.39, 0.29) is 6.42 Å². The first-order valence-corrected chi connectivity index (χ1v) is 8.84. The summed E-state index contributed by atoms with van der Waals surface area (Å²) in [6.07, 6.45) is 2.46. The molecule has 26 heavy (non-hydrogen) atoms. The number of rotatable bonds is 4. The maximum absolute atomic E-state index is 12.7. The summed E-state index contributed by atoms with van der Waals surface area (Å²) in [5.41, 5.74) is 1.56. The molecule has 2 aromatic rings. The highest BCUT2D eigenvalue weighted by Gasteiger charge is 2.52. The third-order valence-electron chi connectivity index (χ3n) is 5.20. The first-order chi connectivity index (χ1) is 12.5. The van der Waals surface area contributed by atoms with Gasteiger partial charge in [-0.1, -0.05) is 35.9 Å². The number of H-pyrrole nitrogens is 1. The molecule has 1 aliphatic carbocycles. The standard InChI is InChI=1S/C19H17ClN2O4/c20-11-5-6-13-14(8-11)18(24)22(17(13)23)16(19(25)26)9-12-7-10-3-1-2-4-15(10)21-12/h1-5,7,13-14,16,21H,6,8-9H2,(H,25,26)/t13-,14-,16+/m0/s1. The minimum atomic E-state index is -1.23. The van der Waals surface area contributed by atoms with Crippen molar-refractivity contribution in [1.29, 1.82) is 0 Å². The Kier molecular flexibility index (Phi) is 4.07. The number of carboxylic acids is 1. The number of carbonyl (C=O) groups is 3. The van der Waals surface area contributed by atoms with E-state index in [4.69, 9.17) is 11.6 Å². The molecule has 2 amide bonds. The monoisotopic (exact) mass is 372 g/mol. The lowest BCUT2D eigenvalue weighted by atomic mass is 9.85. The smallest absolute Gasteiger partial charge is 0.327 e. The highest BCUT2D eigenvalue weighted by Crippen LogP contribution is 2.40. The summed E-state index contributed by atoms with van der Waals surface area (Å²) in [6.45, 7) is 0. The van der Waals surface area contributed by atoms with Crippen molar-refractivity contribution in [2.24, 2.45) is 11.8 Å². The predicted molar refractivity (Wildman–Crippen MR) is 95.4 cm³/mol. The van der Waals surface area contributed by atoms with Gasteiger partial charge < -0.3 is 10.1 Å². The Labute approximate surface area is 154 Å². The Bertz CT molecular complexity index is 915. The maximum Gasteiger partial charge on any atom is 0.327 e. The summed E-state index contributed by atoms with van der Waals surface area (Å²) in [5, 5.41) is 11.2. The van der Waals surface area contributed by atoms with Crippen LogP contribution in [0.2, 0.25) is 0 Å². The molecule has 0 unspecified atom stereocenters. The molecule has 1 fully saturated rings. The number of nitrogens with zero attached hydrogens (tertiary/aromatic N) is 1. The van der Waals surface area contributed by atoms with Crippen molar-refractivity contribution in [3.05, 3.63) is 47.1 Å². The summed E-state index contributed by atoms with van der Waals surface area (Å²) in [6, 6.07) is 8.20. The number of benzene rings is 1. The van der Waals surface area contributed by atoms with E-state index in [1.54, 1.807) is 6.08 Å². The first-order valence-electron chi connectivity index (χ1n) is 8.46. The lowest BCUT2D eigenvalue weighted by Crippen LogP contribution is -2.46. The van der Waals surface area contributed by atoms with E-state index in [2.05, 4.69) is 4.98 Å². The lowest BCUT2D eigenvalue weighted by molar-refractivity contribution is -0.155. The number of carboxylic acid groups (broad SMARTS) is 1. The zero-order valence-electron chi connectivity index (χ0n) is 13.8. The van der Waals surface area contributed by atoms with Crippen LogP contribution >= 0.6 is 11.6 Å². The number of imide groups is 1. The third kappa shape index (κ3) is 2.70. The van der Waals surface area contributed by atoms with Gasteiger partial charge in [0, 0.05) is 22.7 Å². The molecule has 0 radical (unpaired) electrons. The molecule has 2 heterocycles. The molecule has 1 saturated heterocycles. The van der Waals surface area contributed by atoms with Crippen LogP contribution < -0.4 is 0 Å². The molecule has 134 valence electrons. The zero-order chi connectivity index (χ0) is 18.4. The van der Waals surface area contributed by atoms with E-state index in [0.717, 1.165) is 15.8 Å². The molecule has 2 N–H and O–H groups in total. The molecule has 0 spiro atoms. The van der Waals surface area contributed by atoms with Gasteiger partial charge in [0.2, 0.25) is 11.8 Å². The van der Waals surface area contributed by atoms with Crippen LogP contribution in [-0.2, 0) is 20.8 Å². The Morgan fingerprint density at radius 1 is 1.27 bits per heavy atom. The molecule has 3 atom stereocenters. The van der Waals surface area contributed by atoms with Crippen LogP contribution in [-0.4, -0.2) is 38.8 Å². The number of carbonyl (C=O) groups excluding carboxylic acids is 2. The molecule has 1 aliphatic heterocycles. The van der Waals surface area contributed by atoms with Crippen molar-refractivity contribution in [2.75, 3.05) is 0 Å². The first kappa shape index (κ1) is 16.8. The summed E-state index contributed by atoms with van der Waals surface area (Å²) in [5.74, 6) is -3.10. The van der Waals surface area contributed by atoms with Gasteiger partial charge in [0.05, 0.1) is 11.8 Å². The second-order valence-corrected chi connectivity index (χ2v) is 7.28. The van der Waals surface area contributed by atoms with E-state index in [0.29, 0.717) is 23.6 Å². The van der Waals surface area contributed by atoms with Crippen LogP contribution in [0, 0.1) is 11.8 Å². The SMILES string of the molecule is O=C(O)[C@@H](Cc1cc2ccccc2[nH]1)N1C(=O)[C@H]2CC=C(Cl)C[C@@H]2C1=O. The number of likely N-dealkylation sites (tertiary alicyclic amines) is 1. The second-order valence-electron chi connectivity index (χ2n) is 6.79. The van der Waals surface area contributed by atoms with E-state index in [1.165, 1.54) is 0 Å². The van der Waals surface area contributed by atoms with Gasteiger partial charge in [0.1, 0.15) is 6.04 Å². The van der Waals surface area contributed by atoms with Crippen LogP contribution in [0.25, 0.3) is 10.9 Å². The molecule has 7 heteroatoms. The molecular weight excluding hydrogens is 356 g/mol. The Morgan fingerprint density at radius 3 is 2.73 bits per heavy atom. The van der Waals surface area contributed by atoms with Gasteiger partial charge in [0.25, 0.3) is 0 Å². The average molecular weight is 373 g/mol. The highest BCUT2D eigenvalue weighted by molar-refractivity contribution is 6.30. The van der Waals surface area contributed by atoms with E-state index >= 15 is 0 Å². The molecule has 1 aromatic heterocycles. The van der Waals surface area contributed by atoms with Crippen LogP contribution in [0.5, 0.6) is 0 Å². The van der Waals surface area contributed by atoms with Crippen molar-refractivity contribution in [3.63, 3.8) is 0 Å². The number of hydrogen-bond donors (Lipinski definition) is 2. The fraction of sp³-hybridized carbons (Fsp3) is 0.316. The number of para-hydroxylation sites is 1. The van der Waals surface area contributed by atoms with Crippen LogP contribution in [0.1, 0.15) is 18.5 Å². The van der Waals surface area contributed by atoms with Crippen molar-refractivity contribution < 1.29 is 19.5 Å². The Balaban J connectivity index is 1.63. The van der Waals surface area contributed by atoms with Gasteiger partial charge >= 0.3 is 5.97 Å². The minimum absolute atomic E-state index is 0.0437. The summed E-state index contributed by atoms with van der Waals surface area (Å²) in [7, 11) is 0. The number of nitrogens with one attached hydrogen (secondary N) is 1. The lowest BCUT2D eigenvalue weighted by Gasteiger charge is -2.22. The van der Waals surface area contributed by atoms with Gasteiger partial charge in [-0.2, -0.15) is 0 Å². The molecule has 2 aliphatic rings. The van der Waals surface area contributed by atoms with Crippen molar-refractivity contribution in [2.45, 2.75) is 25.3 Å². The summed E-state index contributed by atoms with van der Waals surface area (Å²) < 4.78 is 0. The van der Waals surface area contributed by atoms with Crippen LogP contribution in [0.3, 0.4) is 0 Å². The minimum Gasteiger partial charge on any atom is -0.480 e. The Hall–Kier alpha value is -2.60. The highest BCUT2D eigenvalue weighted by atomic mass is 35.5. The van der Waals surface area contributed by atoms with Gasteiger partial charge in [-0.3, -0.25) is 14.5 Å². The molecular formula is C19H17ClN2O4. The zero-order valence-corrected chi connectivity index (χ0v) is 14.6. The number of hydrogen-bond acceptors (Lipinski definition) is 3. The normalized spacial score (nSPS) is 23.9. The number of aromatic nitrogens is 1.